The fourth-order valence-corrected chi connectivity index (χ4v) is 3.92. The Morgan fingerprint density at radius 2 is 1.85 bits per heavy atom. The SMILES string of the molecule is CCOc1ccc(-c2noc(CCC(=O)N(C3CCCC3)C3CC3)n2)cc1. The first-order valence-electron chi connectivity index (χ1n) is 10.1. The smallest absolute Gasteiger partial charge is 0.227 e. The highest BCUT2D eigenvalue weighted by Crippen LogP contribution is 2.35. The second-order valence-electron chi connectivity index (χ2n) is 7.44. The van der Waals surface area contributed by atoms with Crippen molar-refractivity contribution in [3.05, 3.63) is 30.2 Å². The molecule has 0 atom stereocenters. The number of hydrogen-bond acceptors (Lipinski definition) is 5. The molecule has 1 heterocycles. The van der Waals surface area contributed by atoms with Crippen LogP contribution < -0.4 is 4.74 Å². The minimum Gasteiger partial charge on any atom is -0.494 e. The molecule has 0 N–H and O–H groups in total. The summed E-state index contributed by atoms with van der Waals surface area (Å²) in [6.07, 6.45) is 8.06. The molecular formula is C21H27N3O3. The third-order valence-corrected chi connectivity index (χ3v) is 5.39. The number of aryl methyl sites for hydroxylation is 1. The van der Waals surface area contributed by atoms with Crippen LogP contribution in [-0.2, 0) is 11.2 Å². The highest BCUT2D eigenvalue weighted by atomic mass is 16.5. The van der Waals surface area contributed by atoms with Crippen LogP contribution >= 0.6 is 0 Å². The van der Waals surface area contributed by atoms with E-state index in [0.29, 0.717) is 43.2 Å². The molecule has 2 aliphatic rings. The molecule has 0 unspecified atom stereocenters. The van der Waals surface area contributed by atoms with E-state index in [1.165, 1.54) is 12.8 Å². The first-order valence-corrected chi connectivity index (χ1v) is 10.1. The molecule has 6 heteroatoms. The predicted molar refractivity (Wildman–Crippen MR) is 101 cm³/mol. The molecule has 1 aromatic carbocycles. The fourth-order valence-electron chi connectivity index (χ4n) is 3.92. The average Bonchev–Trinajstić information content (AvgIpc) is 3.17. The largest absolute Gasteiger partial charge is 0.494 e. The molecule has 144 valence electrons. The summed E-state index contributed by atoms with van der Waals surface area (Å²) in [5.41, 5.74) is 0.880. The molecule has 2 aromatic rings. The molecule has 1 aromatic heterocycles. The van der Waals surface area contributed by atoms with Crippen molar-refractivity contribution in [3.63, 3.8) is 0 Å². The van der Waals surface area contributed by atoms with Gasteiger partial charge in [0.15, 0.2) is 0 Å². The van der Waals surface area contributed by atoms with Crippen LogP contribution in [0.1, 0.15) is 57.8 Å². The zero-order valence-electron chi connectivity index (χ0n) is 15.9. The van der Waals surface area contributed by atoms with Crippen molar-refractivity contribution in [1.82, 2.24) is 15.0 Å². The number of aromatic nitrogens is 2. The van der Waals surface area contributed by atoms with Gasteiger partial charge in [0.25, 0.3) is 0 Å². The Kier molecular flexibility index (Phi) is 5.41. The van der Waals surface area contributed by atoms with Gasteiger partial charge in [-0.05, 0) is 56.9 Å². The lowest BCUT2D eigenvalue weighted by Gasteiger charge is -2.29. The van der Waals surface area contributed by atoms with Crippen LogP contribution in [0.15, 0.2) is 28.8 Å². The average molecular weight is 369 g/mol. The Morgan fingerprint density at radius 3 is 2.52 bits per heavy atom. The van der Waals surface area contributed by atoms with Crippen LogP contribution in [0.4, 0.5) is 0 Å². The van der Waals surface area contributed by atoms with E-state index in [1.807, 2.05) is 31.2 Å². The summed E-state index contributed by atoms with van der Waals surface area (Å²) in [6, 6.07) is 8.55. The number of amides is 1. The first-order chi connectivity index (χ1) is 13.2. The van der Waals surface area contributed by atoms with Crippen molar-refractivity contribution in [3.8, 4) is 17.1 Å². The van der Waals surface area contributed by atoms with E-state index >= 15 is 0 Å². The molecular weight excluding hydrogens is 342 g/mol. The van der Waals surface area contributed by atoms with Gasteiger partial charge in [-0.25, -0.2) is 0 Å². The van der Waals surface area contributed by atoms with Gasteiger partial charge >= 0.3 is 0 Å². The van der Waals surface area contributed by atoms with E-state index in [9.17, 15) is 4.79 Å². The molecule has 4 rings (SSSR count). The Hall–Kier alpha value is -2.37. The summed E-state index contributed by atoms with van der Waals surface area (Å²) in [7, 11) is 0. The van der Waals surface area contributed by atoms with Gasteiger partial charge in [0.2, 0.25) is 17.6 Å². The highest BCUT2D eigenvalue weighted by molar-refractivity contribution is 5.77. The van der Waals surface area contributed by atoms with Crippen LogP contribution in [0, 0.1) is 0 Å². The van der Waals surface area contributed by atoms with Gasteiger partial charge in [0.05, 0.1) is 6.61 Å². The number of hydrogen-bond donors (Lipinski definition) is 0. The maximum absolute atomic E-state index is 12.8. The Bertz CT molecular complexity index is 761. The number of ether oxygens (including phenoxy) is 1. The second-order valence-corrected chi connectivity index (χ2v) is 7.44. The van der Waals surface area contributed by atoms with E-state index in [0.717, 1.165) is 37.0 Å². The fraction of sp³-hybridized carbons (Fsp3) is 0.571. The summed E-state index contributed by atoms with van der Waals surface area (Å²) in [4.78, 5) is 19.4. The van der Waals surface area contributed by atoms with E-state index in [2.05, 4.69) is 15.0 Å². The third-order valence-electron chi connectivity index (χ3n) is 5.39. The van der Waals surface area contributed by atoms with Crippen molar-refractivity contribution < 1.29 is 14.1 Å². The van der Waals surface area contributed by atoms with Gasteiger partial charge in [-0.1, -0.05) is 18.0 Å². The predicted octanol–water partition coefficient (Wildman–Crippen LogP) is 4.00. The summed E-state index contributed by atoms with van der Waals surface area (Å²) < 4.78 is 10.8. The second kappa shape index (κ2) is 8.11. The van der Waals surface area contributed by atoms with Gasteiger partial charge in [-0.15, -0.1) is 0 Å². The minimum atomic E-state index is 0.241. The van der Waals surface area contributed by atoms with Crippen molar-refractivity contribution in [2.45, 2.75) is 70.4 Å². The molecule has 27 heavy (non-hydrogen) atoms. The zero-order valence-corrected chi connectivity index (χ0v) is 15.9. The van der Waals surface area contributed by atoms with Gasteiger partial charge < -0.3 is 14.2 Å². The van der Waals surface area contributed by atoms with Gasteiger partial charge in [-0.3, -0.25) is 4.79 Å². The van der Waals surface area contributed by atoms with Crippen LogP contribution in [-0.4, -0.2) is 39.6 Å². The number of carbonyl (C=O) groups excluding carboxylic acids is 1. The molecule has 2 saturated carbocycles. The van der Waals surface area contributed by atoms with Crippen LogP contribution in [0.3, 0.4) is 0 Å². The van der Waals surface area contributed by atoms with Gasteiger partial charge in [-0.2, -0.15) is 4.98 Å². The summed E-state index contributed by atoms with van der Waals surface area (Å²) in [5, 5.41) is 4.06. The van der Waals surface area contributed by atoms with Crippen molar-refractivity contribution >= 4 is 5.91 Å². The molecule has 0 saturated heterocycles. The molecule has 1 amide bonds. The highest BCUT2D eigenvalue weighted by Gasteiger charge is 2.38. The monoisotopic (exact) mass is 369 g/mol. The van der Waals surface area contributed by atoms with Crippen LogP contribution in [0.25, 0.3) is 11.4 Å². The number of carbonyl (C=O) groups is 1. The molecule has 0 spiro atoms. The Labute approximate surface area is 159 Å². The summed E-state index contributed by atoms with van der Waals surface area (Å²) in [5.74, 6) is 2.14. The quantitative estimate of drug-likeness (QED) is 0.703. The van der Waals surface area contributed by atoms with Crippen LogP contribution in [0.2, 0.25) is 0 Å². The Morgan fingerprint density at radius 1 is 1.15 bits per heavy atom. The van der Waals surface area contributed by atoms with Crippen molar-refractivity contribution in [2.75, 3.05) is 6.61 Å². The van der Waals surface area contributed by atoms with E-state index in [1.54, 1.807) is 0 Å². The standard InChI is InChI=1S/C21H27N3O3/c1-2-26-18-11-7-15(8-12-18)21-22-19(27-23-21)13-14-20(25)24(17-9-10-17)16-5-3-4-6-16/h7-8,11-12,16-17H,2-6,9-10,13-14H2,1H3. The number of nitrogens with zero attached hydrogens (tertiary/aromatic N) is 3. The van der Waals surface area contributed by atoms with E-state index in [4.69, 9.17) is 9.26 Å². The minimum absolute atomic E-state index is 0.241. The molecule has 0 aliphatic heterocycles. The lowest BCUT2D eigenvalue weighted by Crippen LogP contribution is -2.40. The third kappa shape index (κ3) is 4.31. The molecule has 2 fully saturated rings. The molecule has 2 aliphatic carbocycles. The maximum atomic E-state index is 12.8. The molecule has 0 bridgehead atoms. The Balaban J connectivity index is 1.35. The van der Waals surface area contributed by atoms with Gasteiger partial charge in [0.1, 0.15) is 5.75 Å². The van der Waals surface area contributed by atoms with E-state index in [-0.39, 0.29) is 5.91 Å². The van der Waals surface area contributed by atoms with Crippen molar-refractivity contribution in [1.29, 1.82) is 0 Å². The normalized spacial score (nSPS) is 17.2. The lowest BCUT2D eigenvalue weighted by atomic mass is 10.1. The topological polar surface area (TPSA) is 68.5 Å². The summed E-state index contributed by atoms with van der Waals surface area (Å²) >= 11 is 0. The lowest BCUT2D eigenvalue weighted by molar-refractivity contribution is -0.134. The van der Waals surface area contributed by atoms with Gasteiger partial charge in [0, 0.05) is 30.5 Å². The maximum Gasteiger partial charge on any atom is 0.227 e. The number of rotatable bonds is 8. The molecule has 6 nitrogen and oxygen atoms in total. The number of benzene rings is 1. The zero-order chi connectivity index (χ0) is 18.6. The van der Waals surface area contributed by atoms with E-state index < -0.39 is 0 Å². The molecule has 0 radical (unpaired) electrons. The summed E-state index contributed by atoms with van der Waals surface area (Å²) in [6.45, 7) is 2.59. The van der Waals surface area contributed by atoms with Crippen LogP contribution in [0.5, 0.6) is 5.75 Å². The van der Waals surface area contributed by atoms with Crippen molar-refractivity contribution in [2.24, 2.45) is 0 Å². The first kappa shape index (κ1) is 18.0.